The number of nitrogen functional groups attached to an aromatic ring is 1. The smallest absolute Gasteiger partial charge is 0.386 e. The summed E-state index contributed by atoms with van der Waals surface area (Å²) in [5.74, 6) is -0.253. The molecule has 230 valence electrons. The Morgan fingerprint density at radius 2 is 1.79 bits per heavy atom. The Morgan fingerprint density at radius 3 is 2.63 bits per heavy atom. The molecule has 0 aromatic carbocycles. The topological polar surface area (TPSA) is 237 Å². The highest BCUT2D eigenvalue weighted by Crippen LogP contribution is 2.58. The molecule has 43 heavy (non-hydrogen) atoms. The van der Waals surface area contributed by atoms with E-state index in [0.29, 0.717) is 17.6 Å². The number of hydrogen-bond donors (Lipinski definition) is 5. The van der Waals surface area contributed by atoms with Crippen LogP contribution in [0.5, 0.6) is 0 Å². The second-order valence-corrected chi connectivity index (χ2v) is 16.0. The molecule has 0 amide bonds. The fourth-order valence-electron chi connectivity index (χ4n) is 5.67. The number of aliphatic hydroxyl groups is 1. The number of hydrogen-bond acceptors (Lipinski definition) is 15. The van der Waals surface area contributed by atoms with Gasteiger partial charge < -0.3 is 39.1 Å². The van der Waals surface area contributed by atoms with E-state index in [1.54, 1.807) is 6.33 Å². The van der Waals surface area contributed by atoms with Gasteiger partial charge in [-0.05, 0) is 24.1 Å². The van der Waals surface area contributed by atoms with Gasteiger partial charge in [0.1, 0.15) is 30.2 Å². The number of aliphatic hydroxyl groups excluding tert-OH is 1. The van der Waals surface area contributed by atoms with Crippen LogP contribution < -0.4 is 11.3 Å². The van der Waals surface area contributed by atoms with Gasteiger partial charge in [-0.3, -0.25) is 18.4 Å². The zero-order valence-electron chi connectivity index (χ0n) is 21.9. The first kappa shape index (κ1) is 29.4. The lowest BCUT2D eigenvalue weighted by Crippen LogP contribution is -2.43. The Morgan fingerprint density at radius 1 is 1.05 bits per heavy atom. The first-order valence-corrected chi connectivity index (χ1v) is 18.2. The standard InChI is InChI=1S/C21H25N9O9P2S2/c22-17-13-18(24-5-23-17)29(7-27-13)11-1-9-2-35-41(34,43)39-16-12(4-37-40(33,42)36-3-10(9)11)38-21(15(16)31)30-8-28-14-19(30)25-6-26-20(14)32/h5-12,15-16,21,31H,1-4H2,(H,33,42)(H,34,43)(H2,22,23,24)(H,25,26,32)/t9-,10-,11-,12-,15-,16-,21-,40?,41?/m1/s1. The van der Waals surface area contributed by atoms with Gasteiger partial charge in [0.2, 0.25) is 0 Å². The lowest BCUT2D eigenvalue weighted by Gasteiger charge is -2.45. The molecule has 3 fully saturated rings. The maximum absolute atomic E-state index is 13.2. The molecule has 1 aliphatic carbocycles. The molecule has 7 rings (SSSR count). The largest absolute Gasteiger partial charge is 0.386 e. The first-order chi connectivity index (χ1) is 20.5. The molecule has 1 saturated carbocycles. The van der Waals surface area contributed by atoms with Crippen molar-refractivity contribution >= 4 is 65.7 Å². The van der Waals surface area contributed by atoms with Crippen molar-refractivity contribution in [3.05, 3.63) is 35.7 Å². The Balaban J connectivity index is 1.14. The summed E-state index contributed by atoms with van der Waals surface area (Å²) in [6, 6.07) is -0.194. The fraction of sp³-hybridized carbons (Fsp3) is 0.524. The molecule has 3 aliphatic rings. The number of nitrogens with two attached hydrogens (primary N) is 1. The number of fused-ring (bicyclic) bond motifs is 4. The van der Waals surface area contributed by atoms with Gasteiger partial charge >= 0.3 is 13.5 Å². The second-order valence-electron chi connectivity index (χ2n) is 10.3. The van der Waals surface area contributed by atoms with Gasteiger partial charge in [0.15, 0.2) is 28.9 Å². The summed E-state index contributed by atoms with van der Waals surface area (Å²) >= 11 is 9.45. The minimum atomic E-state index is -3.96. The van der Waals surface area contributed by atoms with Gasteiger partial charge in [-0.1, -0.05) is 12.2 Å². The summed E-state index contributed by atoms with van der Waals surface area (Å²) in [6.07, 6.45) is 0.903. The van der Waals surface area contributed by atoms with Crippen LogP contribution in [-0.4, -0.2) is 87.2 Å². The molecule has 4 aromatic rings. The van der Waals surface area contributed by atoms with E-state index in [0.717, 1.165) is 0 Å². The van der Waals surface area contributed by atoms with Crippen molar-refractivity contribution in [2.75, 3.05) is 25.6 Å². The van der Waals surface area contributed by atoms with Gasteiger partial charge in [-0.2, -0.15) is 0 Å². The van der Waals surface area contributed by atoms with Crippen molar-refractivity contribution in [1.82, 2.24) is 39.0 Å². The molecule has 2 aliphatic heterocycles. The van der Waals surface area contributed by atoms with Crippen LogP contribution in [0.4, 0.5) is 5.82 Å². The highest BCUT2D eigenvalue weighted by atomic mass is 32.7. The number of nitrogens with one attached hydrogen (secondary N) is 1. The Labute approximate surface area is 251 Å². The summed E-state index contributed by atoms with van der Waals surface area (Å²) in [4.78, 5) is 46.3. The van der Waals surface area contributed by atoms with Crippen LogP contribution in [0, 0.1) is 11.8 Å². The van der Waals surface area contributed by atoms with E-state index in [2.05, 4.69) is 42.2 Å². The SMILES string of the molecule is Nc1ncnc2c1ncn2[C@@H]1C[C@@H]2COP(O)(=S)O[C@H]3[C@@H](O)[C@H](n4cnc5c(=O)[nH]cnc54)O[C@@H]3COP(=O)(S)OC[C@H]21. The van der Waals surface area contributed by atoms with E-state index in [1.165, 1.54) is 23.5 Å². The molecule has 0 radical (unpaired) electrons. The average Bonchev–Trinajstić information content (AvgIpc) is 3.64. The summed E-state index contributed by atoms with van der Waals surface area (Å²) in [5, 5.41) is 11.2. The summed E-state index contributed by atoms with van der Waals surface area (Å²) in [6.45, 7) is -8.39. The molecule has 6 heterocycles. The number of rotatable bonds is 2. The number of H-pyrrole nitrogens is 1. The lowest BCUT2D eigenvalue weighted by molar-refractivity contribution is -0.0484. The molecule has 0 spiro atoms. The van der Waals surface area contributed by atoms with E-state index >= 15 is 0 Å². The zero-order chi connectivity index (χ0) is 30.1. The molecule has 18 nitrogen and oxygen atoms in total. The van der Waals surface area contributed by atoms with Crippen molar-refractivity contribution in [3.8, 4) is 0 Å². The Kier molecular flexibility index (Phi) is 7.46. The predicted octanol–water partition coefficient (Wildman–Crippen LogP) is 0.680. The van der Waals surface area contributed by atoms with Crippen molar-refractivity contribution in [2.24, 2.45) is 11.8 Å². The molecular weight excluding hydrogens is 648 g/mol. The second kappa shape index (κ2) is 10.9. The van der Waals surface area contributed by atoms with Crippen molar-refractivity contribution < 1.29 is 37.4 Å². The van der Waals surface area contributed by atoms with Crippen molar-refractivity contribution in [1.29, 1.82) is 0 Å². The van der Waals surface area contributed by atoms with E-state index < -0.39 is 50.2 Å². The third-order valence-electron chi connectivity index (χ3n) is 7.88. The lowest BCUT2D eigenvalue weighted by atomic mass is 9.70. The maximum atomic E-state index is 13.2. The van der Waals surface area contributed by atoms with Crippen LogP contribution in [0.2, 0.25) is 0 Å². The Hall–Kier alpha value is -2.35. The van der Waals surface area contributed by atoms with Crippen LogP contribution in [-0.2, 0) is 39.2 Å². The number of thiol groups is 1. The number of ether oxygens (including phenoxy) is 1. The average molecular weight is 674 g/mol. The number of aromatic nitrogens is 8. The van der Waals surface area contributed by atoms with E-state index in [9.17, 15) is 19.4 Å². The highest BCUT2D eigenvalue weighted by molar-refractivity contribution is 8.44. The first-order valence-electron chi connectivity index (χ1n) is 13.0. The summed E-state index contributed by atoms with van der Waals surface area (Å²) in [5.41, 5.74) is 6.59. The highest BCUT2D eigenvalue weighted by Gasteiger charge is 2.50. The minimum Gasteiger partial charge on any atom is -0.386 e. The summed E-state index contributed by atoms with van der Waals surface area (Å²) in [7, 11) is 0. The van der Waals surface area contributed by atoms with Gasteiger partial charge in [0.05, 0.1) is 38.8 Å². The van der Waals surface area contributed by atoms with E-state index in [-0.39, 0.29) is 48.1 Å². The van der Waals surface area contributed by atoms with Crippen LogP contribution in [0.15, 0.2) is 30.1 Å². The monoisotopic (exact) mass is 673 g/mol. The summed E-state index contributed by atoms with van der Waals surface area (Å²) < 4.78 is 45.2. The number of aromatic amines is 1. The van der Waals surface area contributed by atoms with Crippen LogP contribution in [0.3, 0.4) is 0 Å². The number of anilines is 1. The molecule has 2 unspecified atom stereocenters. The van der Waals surface area contributed by atoms with E-state index in [1.807, 2.05) is 4.57 Å². The molecule has 22 heteroatoms. The van der Waals surface area contributed by atoms with Gasteiger partial charge in [0.25, 0.3) is 5.56 Å². The number of nitrogens with zero attached hydrogens (tertiary/aromatic N) is 7. The predicted molar refractivity (Wildman–Crippen MR) is 154 cm³/mol. The quantitative estimate of drug-likeness (QED) is 0.145. The molecule has 4 aromatic heterocycles. The normalized spacial score (nSPS) is 37.1. The van der Waals surface area contributed by atoms with Gasteiger partial charge in [-0.15, -0.1) is 0 Å². The molecule has 0 bridgehead atoms. The van der Waals surface area contributed by atoms with Gasteiger partial charge in [0, 0.05) is 12.0 Å². The van der Waals surface area contributed by atoms with Crippen molar-refractivity contribution in [3.63, 3.8) is 0 Å². The maximum Gasteiger partial charge on any atom is 0.386 e. The van der Waals surface area contributed by atoms with Gasteiger partial charge in [-0.25, -0.2) is 29.5 Å². The molecular formula is C21H25N9O9P2S2. The third-order valence-corrected chi connectivity index (χ3v) is 11.1. The molecule has 2 saturated heterocycles. The Bertz CT molecular complexity index is 1860. The molecule has 5 N–H and O–H groups in total. The molecule has 9 atom stereocenters. The fourth-order valence-corrected chi connectivity index (χ4v) is 8.33. The van der Waals surface area contributed by atoms with Crippen LogP contribution in [0.1, 0.15) is 18.7 Å². The minimum absolute atomic E-state index is 0.0175. The number of imidazole rings is 2. The van der Waals surface area contributed by atoms with Crippen LogP contribution >= 0.6 is 25.8 Å². The van der Waals surface area contributed by atoms with Crippen LogP contribution in [0.25, 0.3) is 22.3 Å². The van der Waals surface area contributed by atoms with Crippen molar-refractivity contribution in [2.45, 2.75) is 37.0 Å². The zero-order valence-corrected chi connectivity index (χ0v) is 25.4. The van der Waals surface area contributed by atoms with E-state index in [4.69, 9.17) is 40.4 Å². The third kappa shape index (κ3) is 5.33.